The highest BCUT2D eigenvalue weighted by Crippen LogP contribution is 2.31. The lowest BCUT2D eigenvalue weighted by Crippen LogP contribution is -2.43. The van der Waals surface area contributed by atoms with E-state index in [9.17, 15) is 19.2 Å². The van der Waals surface area contributed by atoms with Gasteiger partial charge in [-0.3, -0.25) is 4.79 Å². The first-order chi connectivity index (χ1) is 19.5. The van der Waals surface area contributed by atoms with Crippen LogP contribution in [-0.2, 0) is 34.9 Å². The molecule has 238 valence electrons. The zero-order valence-electron chi connectivity index (χ0n) is 26.5. The van der Waals surface area contributed by atoms with Crippen LogP contribution in [0, 0.1) is 5.92 Å². The predicted molar refractivity (Wildman–Crippen MR) is 154 cm³/mol. The number of esters is 1. The second-order valence-corrected chi connectivity index (χ2v) is 11.5. The Bertz CT molecular complexity index is 1050. The van der Waals surface area contributed by atoms with Gasteiger partial charge in [-0.1, -0.05) is 33.8 Å². The molecule has 1 aromatic carbocycles. The van der Waals surface area contributed by atoms with Gasteiger partial charge < -0.3 is 38.5 Å². The van der Waals surface area contributed by atoms with E-state index in [1.165, 1.54) is 19.2 Å². The molecular weight excluding hydrogens is 550 g/mol. The molecule has 42 heavy (non-hydrogen) atoms. The molecule has 0 heterocycles. The van der Waals surface area contributed by atoms with Crippen molar-refractivity contribution < 1.29 is 52.3 Å². The van der Waals surface area contributed by atoms with Crippen molar-refractivity contribution in [2.24, 2.45) is 5.92 Å². The Morgan fingerprint density at radius 1 is 0.833 bits per heavy atom. The number of benzene rings is 1. The van der Waals surface area contributed by atoms with Crippen molar-refractivity contribution in [3.05, 3.63) is 23.8 Å². The minimum Gasteiger partial charge on any atom is -0.468 e. The van der Waals surface area contributed by atoms with E-state index >= 15 is 0 Å². The molecule has 0 amide bonds. The van der Waals surface area contributed by atoms with E-state index in [2.05, 4.69) is 5.32 Å². The number of ether oxygens (including phenoxy) is 7. The summed E-state index contributed by atoms with van der Waals surface area (Å²) in [4.78, 5) is 49.4. The van der Waals surface area contributed by atoms with Gasteiger partial charge in [0.2, 0.25) is 0 Å². The van der Waals surface area contributed by atoms with E-state index in [0.717, 1.165) is 0 Å². The molecule has 0 saturated carbocycles. The molecule has 12 nitrogen and oxygen atoms in total. The number of carbonyl (C=O) groups is 4. The van der Waals surface area contributed by atoms with Crippen LogP contribution in [0.3, 0.4) is 0 Å². The van der Waals surface area contributed by atoms with Gasteiger partial charge in [0.05, 0.1) is 13.7 Å². The molecule has 0 aliphatic heterocycles. The summed E-state index contributed by atoms with van der Waals surface area (Å²) in [5.74, 6) is -0.591. The minimum atomic E-state index is -0.996. The van der Waals surface area contributed by atoms with Crippen LogP contribution in [0.25, 0.3) is 0 Å². The standard InChI is InChI=1S/C30H47NO11/c1-11-29(6,7)41-27(34)39-23-14-13-21(16-24(23)40-28(35)42-30(8,9)12-2)15-22(25(32)36-10)31-17-20(5)38-26(33)37-18-19(3)4/h13-14,16,19-20,22,31H,11-12,15,17-18H2,1-10H3/t20?,22-/m0/s1. The number of carbonyl (C=O) groups excluding carboxylic acids is 4. The van der Waals surface area contributed by atoms with Crippen molar-refractivity contribution in [2.45, 2.75) is 105 Å². The van der Waals surface area contributed by atoms with Crippen molar-refractivity contribution in [1.29, 1.82) is 0 Å². The highest BCUT2D eigenvalue weighted by molar-refractivity contribution is 5.76. The molecule has 0 aliphatic rings. The van der Waals surface area contributed by atoms with Gasteiger partial charge >= 0.3 is 24.4 Å². The Labute approximate surface area is 248 Å². The van der Waals surface area contributed by atoms with Gasteiger partial charge in [0.15, 0.2) is 11.5 Å². The Hall–Kier alpha value is -3.54. The predicted octanol–water partition coefficient (Wildman–Crippen LogP) is 5.97. The van der Waals surface area contributed by atoms with Crippen LogP contribution in [-0.4, -0.2) is 68.0 Å². The molecule has 0 aliphatic carbocycles. The highest BCUT2D eigenvalue weighted by Gasteiger charge is 2.27. The number of rotatable bonds is 15. The number of methoxy groups -OCH3 is 1. The van der Waals surface area contributed by atoms with Gasteiger partial charge in [0, 0.05) is 6.54 Å². The Morgan fingerprint density at radius 3 is 1.88 bits per heavy atom. The Morgan fingerprint density at radius 2 is 1.38 bits per heavy atom. The number of nitrogens with one attached hydrogen (secondary N) is 1. The lowest BCUT2D eigenvalue weighted by Gasteiger charge is -2.24. The molecule has 0 spiro atoms. The molecule has 1 aromatic rings. The summed E-state index contributed by atoms with van der Waals surface area (Å²) in [5, 5.41) is 3.02. The van der Waals surface area contributed by atoms with E-state index in [4.69, 9.17) is 33.2 Å². The zero-order valence-corrected chi connectivity index (χ0v) is 26.5. The van der Waals surface area contributed by atoms with Crippen molar-refractivity contribution in [3.63, 3.8) is 0 Å². The normalized spacial score (nSPS) is 13.0. The van der Waals surface area contributed by atoms with Gasteiger partial charge in [-0.25, -0.2) is 14.4 Å². The van der Waals surface area contributed by atoms with Gasteiger partial charge in [-0.15, -0.1) is 0 Å². The summed E-state index contributed by atoms with van der Waals surface area (Å²) in [7, 11) is 1.25. The van der Waals surface area contributed by atoms with Crippen molar-refractivity contribution >= 4 is 24.4 Å². The SMILES string of the molecule is CCC(C)(C)OC(=O)Oc1ccc(C[C@H](NCC(C)OC(=O)OCC(C)C)C(=O)OC)cc1OC(=O)OC(C)(C)CC. The maximum Gasteiger partial charge on any atom is 0.514 e. The molecule has 2 atom stereocenters. The lowest BCUT2D eigenvalue weighted by atomic mass is 10.0. The number of hydrogen-bond donors (Lipinski definition) is 1. The third kappa shape index (κ3) is 13.9. The van der Waals surface area contributed by atoms with E-state index in [-0.39, 0.29) is 37.0 Å². The molecule has 12 heteroatoms. The van der Waals surface area contributed by atoms with Crippen molar-refractivity contribution in [3.8, 4) is 11.5 Å². The second kappa shape index (κ2) is 16.8. The third-order valence-electron chi connectivity index (χ3n) is 6.23. The minimum absolute atomic E-state index is 0.0774. The zero-order chi connectivity index (χ0) is 32.1. The average Bonchev–Trinajstić information content (AvgIpc) is 2.90. The third-order valence-corrected chi connectivity index (χ3v) is 6.23. The summed E-state index contributed by atoms with van der Waals surface area (Å²) >= 11 is 0. The Balaban J connectivity index is 3.13. The van der Waals surface area contributed by atoms with Gasteiger partial charge in [0.1, 0.15) is 23.3 Å². The van der Waals surface area contributed by atoms with Crippen molar-refractivity contribution in [2.75, 3.05) is 20.3 Å². The smallest absolute Gasteiger partial charge is 0.468 e. The van der Waals surface area contributed by atoms with Crippen LogP contribution in [0.5, 0.6) is 11.5 Å². The fraction of sp³-hybridized carbons (Fsp3) is 0.667. The lowest BCUT2D eigenvalue weighted by molar-refractivity contribution is -0.143. The maximum absolute atomic E-state index is 12.6. The molecule has 1 rings (SSSR count). The van der Waals surface area contributed by atoms with Crippen LogP contribution < -0.4 is 14.8 Å². The topological polar surface area (TPSA) is 145 Å². The molecule has 1 unspecified atom stereocenters. The average molecular weight is 598 g/mol. The monoisotopic (exact) mass is 597 g/mol. The molecule has 0 fully saturated rings. The van der Waals surface area contributed by atoms with Gasteiger partial charge in [-0.2, -0.15) is 0 Å². The van der Waals surface area contributed by atoms with Crippen LogP contribution in [0.15, 0.2) is 18.2 Å². The largest absolute Gasteiger partial charge is 0.514 e. The summed E-state index contributed by atoms with van der Waals surface area (Å²) in [5.41, 5.74) is -1.03. The van der Waals surface area contributed by atoms with E-state index in [0.29, 0.717) is 18.4 Å². The van der Waals surface area contributed by atoms with Crippen LogP contribution >= 0.6 is 0 Å². The van der Waals surface area contributed by atoms with E-state index < -0.39 is 47.8 Å². The fourth-order valence-corrected chi connectivity index (χ4v) is 3.06. The highest BCUT2D eigenvalue weighted by atomic mass is 16.8. The second-order valence-electron chi connectivity index (χ2n) is 11.5. The van der Waals surface area contributed by atoms with Crippen LogP contribution in [0.2, 0.25) is 0 Å². The van der Waals surface area contributed by atoms with E-state index in [1.54, 1.807) is 40.7 Å². The summed E-state index contributed by atoms with van der Waals surface area (Å²) in [6, 6.07) is 3.62. The Kier molecular flexibility index (Phi) is 14.6. The molecular formula is C30H47NO11. The van der Waals surface area contributed by atoms with Gasteiger partial charge in [-0.05, 0) is 77.5 Å². The number of hydrogen-bond acceptors (Lipinski definition) is 12. The fourth-order valence-electron chi connectivity index (χ4n) is 3.06. The maximum atomic E-state index is 12.6. The van der Waals surface area contributed by atoms with Crippen LogP contribution in [0.4, 0.5) is 14.4 Å². The van der Waals surface area contributed by atoms with E-state index in [1.807, 2.05) is 27.7 Å². The first-order valence-corrected chi connectivity index (χ1v) is 14.1. The van der Waals surface area contributed by atoms with Crippen LogP contribution in [0.1, 0.15) is 80.7 Å². The van der Waals surface area contributed by atoms with Gasteiger partial charge in [0.25, 0.3) is 0 Å². The summed E-state index contributed by atoms with van der Waals surface area (Å²) in [6.45, 7) is 16.5. The molecule has 0 radical (unpaired) electrons. The summed E-state index contributed by atoms with van der Waals surface area (Å²) in [6.07, 6.45) is -2.20. The molecule has 0 aromatic heterocycles. The molecule has 0 saturated heterocycles. The first-order valence-electron chi connectivity index (χ1n) is 14.1. The van der Waals surface area contributed by atoms with Crippen molar-refractivity contribution in [1.82, 2.24) is 5.32 Å². The summed E-state index contributed by atoms with van der Waals surface area (Å²) < 4.78 is 36.7. The molecule has 1 N–H and O–H groups in total. The molecule has 0 bridgehead atoms. The quantitative estimate of drug-likeness (QED) is 0.144. The first kappa shape index (κ1) is 36.5.